The summed E-state index contributed by atoms with van der Waals surface area (Å²) < 4.78 is 0. The van der Waals surface area contributed by atoms with Gasteiger partial charge < -0.3 is 5.11 Å². The molecule has 0 atom stereocenters. The van der Waals surface area contributed by atoms with Gasteiger partial charge in [0, 0.05) is 0 Å². The molecule has 0 saturated carbocycles. The molecule has 0 spiro atoms. The first-order chi connectivity index (χ1) is 5.73. The van der Waals surface area contributed by atoms with Crippen molar-refractivity contribution >= 4 is 0 Å². The minimum atomic E-state index is -0.537. The van der Waals surface area contributed by atoms with E-state index in [1.165, 1.54) is 5.57 Å². The van der Waals surface area contributed by atoms with Crippen LogP contribution in [0.4, 0.5) is 0 Å². The molecule has 68 valence electrons. The lowest BCUT2D eigenvalue weighted by atomic mass is 9.84. The average molecular weight is 166 g/mol. The highest BCUT2D eigenvalue weighted by Gasteiger charge is 2.26. The van der Waals surface area contributed by atoms with E-state index >= 15 is 0 Å². The molecule has 1 rings (SSSR count). The van der Waals surface area contributed by atoms with Gasteiger partial charge in [0.15, 0.2) is 0 Å². The lowest BCUT2D eigenvalue weighted by molar-refractivity contribution is 0.0665. The predicted molar refractivity (Wildman–Crippen MR) is 52.0 cm³/mol. The zero-order valence-corrected chi connectivity index (χ0v) is 8.01. The largest absolute Gasteiger partial charge is 0.386 e. The lowest BCUT2D eigenvalue weighted by Gasteiger charge is -2.29. The second-order valence-corrected chi connectivity index (χ2v) is 3.40. The fourth-order valence-corrected chi connectivity index (χ4v) is 1.69. The van der Waals surface area contributed by atoms with Gasteiger partial charge in [-0.1, -0.05) is 32.1 Å². The zero-order valence-electron chi connectivity index (χ0n) is 8.01. The lowest BCUT2D eigenvalue weighted by Crippen LogP contribution is -2.29. The summed E-state index contributed by atoms with van der Waals surface area (Å²) in [5.74, 6) is 0. The summed E-state index contributed by atoms with van der Waals surface area (Å²) in [7, 11) is 0. The average Bonchev–Trinajstić information content (AvgIpc) is 2.18. The van der Waals surface area contributed by atoms with E-state index in [4.69, 9.17) is 0 Å². The smallest absolute Gasteiger partial charge is 0.0854 e. The monoisotopic (exact) mass is 166 g/mol. The maximum absolute atomic E-state index is 10.2. The van der Waals surface area contributed by atoms with E-state index in [1.807, 2.05) is 13.8 Å². The molecule has 0 bridgehead atoms. The minimum absolute atomic E-state index is 0.537. The van der Waals surface area contributed by atoms with Gasteiger partial charge in [-0.05, 0) is 31.3 Å². The van der Waals surface area contributed by atoms with Crippen molar-refractivity contribution in [3.8, 4) is 0 Å². The molecular formula is C11H18O. The van der Waals surface area contributed by atoms with Gasteiger partial charge in [-0.3, -0.25) is 0 Å². The molecule has 0 saturated heterocycles. The molecule has 0 heterocycles. The Labute approximate surface area is 74.8 Å². The Morgan fingerprint density at radius 3 is 2.50 bits per heavy atom. The highest BCUT2D eigenvalue weighted by Crippen LogP contribution is 2.29. The first-order valence-electron chi connectivity index (χ1n) is 4.81. The van der Waals surface area contributed by atoms with E-state index < -0.39 is 5.60 Å². The molecule has 1 nitrogen and oxygen atoms in total. The van der Waals surface area contributed by atoms with Crippen molar-refractivity contribution in [3.63, 3.8) is 0 Å². The topological polar surface area (TPSA) is 20.2 Å². The van der Waals surface area contributed by atoms with Crippen LogP contribution in [-0.4, -0.2) is 10.7 Å². The van der Waals surface area contributed by atoms with Crippen LogP contribution in [0.5, 0.6) is 0 Å². The summed E-state index contributed by atoms with van der Waals surface area (Å²) in [6.07, 6.45) is 10.0. The number of rotatable bonds is 3. The highest BCUT2D eigenvalue weighted by atomic mass is 16.3. The molecule has 0 aromatic heterocycles. The van der Waals surface area contributed by atoms with Crippen LogP contribution in [0, 0.1) is 0 Å². The van der Waals surface area contributed by atoms with E-state index in [2.05, 4.69) is 18.2 Å². The van der Waals surface area contributed by atoms with E-state index in [0.29, 0.717) is 0 Å². The summed E-state index contributed by atoms with van der Waals surface area (Å²) in [4.78, 5) is 0. The third-order valence-electron chi connectivity index (χ3n) is 2.78. The van der Waals surface area contributed by atoms with Crippen molar-refractivity contribution in [1.29, 1.82) is 0 Å². The summed E-state index contributed by atoms with van der Waals surface area (Å²) in [6.45, 7) is 4.09. The Morgan fingerprint density at radius 2 is 2.08 bits per heavy atom. The molecule has 0 unspecified atom stereocenters. The Bertz CT molecular complexity index is 197. The molecule has 0 aromatic rings. The molecule has 1 aliphatic carbocycles. The molecule has 1 aliphatic rings. The Morgan fingerprint density at radius 1 is 1.42 bits per heavy atom. The summed E-state index contributed by atoms with van der Waals surface area (Å²) in [5, 5.41) is 10.2. The number of hydrogen-bond donors (Lipinski definition) is 1. The van der Waals surface area contributed by atoms with Crippen LogP contribution in [0.3, 0.4) is 0 Å². The maximum atomic E-state index is 10.2. The van der Waals surface area contributed by atoms with Gasteiger partial charge in [-0.25, -0.2) is 0 Å². The number of hydrogen-bond acceptors (Lipinski definition) is 1. The number of aliphatic hydroxyl groups is 1. The summed E-state index contributed by atoms with van der Waals surface area (Å²) >= 11 is 0. The van der Waals surface area contributed by atoms with Crippen LogP contribution in [0.25, 0.3) is 0 Å². The highest BCUT2D eigenvalue weighted by molar-refractivity contribution is 5.25. The van der Waals surface area contributed by atoms with Gasteiger partial charge in [0.1, 0.15) is 0 Å². The van der Waals surface area contributed by atoms with Crippen molar-refractivity contribution < 1.29 is 5.11 Å². The maximum Gasteiger partial charge on any atom is 0.0854 e. The Kier molecular flexibility index (Phi) is 3.10. The van der Waals surface area contributed by atoms with E-state index in [0.717, 1.165) is 25.7 Å². The van der Waals surface area contributed by atoms with Crippen LogP contribution < -0.4 is 0 Å². The Hall–Kier alpha value is -0.560. The third kappa shape index (κ3) is 1.78. The van der Waals surface area contributed by atoms with Crippen molar-refractivity contribution in [2.45, 2.75) is 45.1 Å². The first-order valence-corrected chi connectivity index (χ1v) is 4.81. The standard InChI is InChI=1S/C11H18O/c1-3-11(12,4-2)10-8-6-5-7-9-10/h5-6,8,12H,3-4,7,9H2,1-2H3. The normalized spacial score (nSPS) is 17.8. The van der Waals surface area contributed by atoms with Gasteiger partial charge in [0.05, 0.1) is 5.60 Å². The molecule has 1 N–H and O–H groups in total. The first kappa shape index (κ1) is 9.53. The van der Waals surface area contributed by atoms with E-state index in [1.54, 1.807) is 0 Å². The SMILES string of the molecule is CCC(O)(CC)C1=CC=CCC1. The molecule has 12 heavy (non-hydrogen) atoms. The van der Waals surface area contributed by atoms with Crippen LogP contribution in [0.1, 0.15) is 39.5 Å². The molecule has 0 aliphatic heterocycles. The van der Waals surface area contributed by atoms with Crippen molar-refractivity contribution in [2.24, 2.45) is 0 Å². The van der Waals surface area contributed by atoms with Crippen LogP contribution in [-0.2, 0) is 0 Å². The van der Waals surface area contributed by atoms with Gasteiger partial charge in [0.25, 0.3) is 0 Å². The second-order valence-electron chi connectivity index (χ2n) is 3.40. The van der Waals surface area contributed by atoms with E-state index in [9.17, 15) is 5.11 Å². The van der Waals surface area contributed by atoms with Crippen molar-refractivity contribution in [1.82, 2.24) is 0 Å². The predicted octanol–water partition coefficient (Wildman–Crippen LogP) is 2.81. The fraction of sp³-hybridized carbons (Fsp3) is 0.636. The quantitative estimate of drug-likeness (QED) is 0.683. The molecule has 0 aromatic carbocycles. The number of allylic oxidation sites excluding steroid dienone is 3. The summed E-state index contributed by atoms with van der Waals surface area (Å²) in [5.41, 5.74) is 0.667. The molecule has 0 amide bonds. The zero-order chi connectivity index (χ0) is 9.03. The second kappa shape index (κ2) is 3.90. The van der Waals surface area contributed by atoms with Gasteiger partial charge >= 0.3 is 0 Å². The van der Waals surface area contributed by atoms with Gasteiger partial charge in [-0.15, -0.1) is 0 Å². The Balaban J connectivity index is 2.77. The summed E-state index contributed by atoms with van der Waals surface area (Å²) in [6, 6.07) is 0. The van der Waals surface area contributed by atoms with E-state index in [-0.39, 0.29) is 0 Å². The molecule has 0 radical (unpaired) electrons. The van der Waals surface area contributed by atoms with Crippen molar-refractivity contribution in [3.05, 3.63) is 23.8 Å². The fourth-order valence-electron chi connectivity index (χ4n) is 1.69. The van der Waals surface area contributed by atoms with Crippen LogP contribution >= 0.6 is 0 Å². The third-order valence-corrected chi connectivity index (χ3v) is 2.78. The van der Waals surface area contributed by atoms with Gasteiger partial charge in [-0.2, -0.15) is 0 Å². The van der Waals surface area contributed by atoms with Gasteiger partial charge in [0.2, 0.25) is 0 Å². The molecular weight excluding hydrogens is 148 g/mol. The van der Waals surface area contributed by atoms with Crippen LogP contribution in [0.2, 0.25) is 0 Å². The van der Waals surface area contributed by atoms with Crippen molar-refractivity contribution in [2.75, 3.05) is 0 Å². The molecule has 1 heteroatoms. The minimum Gasteiger partial charge on any atom is -0.386 e. The molecule has 0 fully saturated rings. The van der Waals surface area contributed by atoms with Crippen LogP contribution in [0.15, 0.2) is 23.8 Å².